The number of aryl methyl sites for hydroxylation is 1. The van der Waals surface area contributed by atoms with Crippen molar-refractivity contribution in [3.05, 3.63) is 53.6 Å². The Morgan fingerprint density at radius 2 is 1.90 bits per heavy atom. The molecule has 0 radical (unpaired) electrons. The highest BCUT2D eigenvalue weighted by molar-refractivity contribution is 6.09. The van der Waals surface area contributed by atoms with Crippen LogP contribution in [0.4, 0.5) is 11.4 Å². The first kappa shape index (κ1) is 13.9. The van der Waals surface area contributed by atoms with E-state index in [4.69, 9.17) is 10.5 Å². The zero-order valence-electron chi connectivity index (χ0n) is 11.9. The van der Waals surface area contributed by atoms with Crippen molar-refractivity contribution >= 4 is 17.3 Å². The molecule has 4 nitrogen and oxygen atoms in total. The molecule has 0 spiro atoms. The second kappa shape index (κ2) is 5.65. The summed E-state index contributed by atoms with van der Waals surface area (Å²) in [6.45, 7) is 1.97. The Morgan fingerprint density at radius 3 is 2.55 bits per heavy atom. The number of rotatable bonds is 3. The quantitative estimate of drug-likeness (QED) is 0.872. The summed E-state index contributed by atoms with van der Waals surface area (Å²) >= 11 is 0. The van der Waals surface area contributed by atoms with Crippen LogP contribution in [0.1, 0.15) is 15.9 Å². The van der Waals surface area contributed by atoms with E-state index in [1.54, 1.807) is 43.3 Å². The fourth-order valence-electron chi connectivity index (χ4n) is 2.04. The maximum atomic E-state index is 12.5. The number of nitrogens with zero attached hydrogens (tertiary/aromatic N) is 1. The van der Waals surface area contributed by atoms with Crippen molar-refractivity contribution in [1.29, 1.82) is 0 Å². The fraction of sp³-hybridized carbons (Fsp3) is 0.188. The molecule has 2 rings (SSSR count). The molecular formula is C16H18N2O2. The zero-order chi connectivity index (χ0) is 14.7. The topological polar surface area (TPSA) is 55.6 Å². The molecule has 2 aromatic rings. The molecule has 0 aliphatic heterocycles. The van der Waals surface area contributed by atoms with Crippen molar-refractivity contribution < 1.29 is 9.53 Å². The van der Waals surface area contributed by atoms with E-state index in [0.29, 0.717) is 17.0 Å². The highest BCUT2D eigenvalue weighted by Crippen LogP contribution is 2.30. The smallest absolute Gasteiger partial charge is 0.260 e. The van der Waals surface area contributed by atoms with Crippen molar-refractivity contribution in [3.63, 3.8) is 0 Å². The molecule has 0 unspecified atom stereocenters. The van der Waals surface area contributed by atoms with Crippen molar-refractivity contribution in [3.8, 4) is 5.75 Å². The summed E-state index contributed by atoms with van der Waals surface area (Å²) in [6.07, 6.45) is 0. The third kappa shape index (κ3) is 2.59. The monoisotopic (exact) mass is 270 g/mol. The van der Waals surface area contributed by atoms with Gasteiger partial charge in [-0.1, -0.05) is 18.2 Å². The Morgan fingerprint density at radius 1 is 1.20 bits per heavy atom. The lowest BCUT2D eigenvalue weighted by molar-refractivity contribution is 0.0993. The van der Waals surface area contributed by atoms with Crippen LogP contribution >= 0.6 is 0 Å². The SMILES string of the molecule is COc1ccc(C)cc1N(C)C(=O)c1ccccc1N. The van der Waals surface area contributed by atoms with Crippen LogP contribution in [-0.2, 0) is 0 Å². The summed E-state index contributed by atoms with van der Waals surface area (Å²) in [5.74, 6) is 0.493. The van der Waals surface area contributed by atoms with Gasteiger partial charge in [-0.05, 0) is 36.8 Å². The normalized spacial score (nSPS) is 10.2. The van der Waals surface area contributed by atoms with Crippen LogP contribution in [-0.4, -0.2) is 20.1 Å². The summed E-state index contributed by atoms with van der Waals surface area (Å²) in [5, 5.41) is 0. The Hall–Kier alpha value is -2.49. The number of hydrogen-bond acceptors (Lipinski definition) is 3. The molecule has 1 amide bonds. The van der Waals surface area contributed by atoms with Gasteiger partial charge in [0.2, 0.25) is 0 Å². The number of para-hydroxylation sites is 1. The predicted octanol–water partition coefficient (Wildman–Crippen LogP) is 2.86. The van der Waals surface area contributed by atoms with Crippen molar-refractivity contribution in [2.24, 2.45) is 0 Å². The maximum Gasteiger partial charge on any atom is 0.260 e. The van der Waals surface area contributed by atoms with E-state index in [1.165, 1.54) is 0 Å². The molecule has 0 saturated heterocycles. The number of benzene rings is 2. The number of ether oxygens (including phenoxy) is 1. The summed E-state index contributed by atoms with van der Waals surface area (Å²) in [5.41, 5.74) is 8.59. The lowest BCUT2D eigenvalue weighted by Gasteiger charge is -2.21. The Labute approximate surface area is 118 Å². The van der Waals surface area contributed by atoms with Crippen LogP contribution in [0, 0.1) is 6.92 Å². The number of hydrogen-bond donors (Lipinski definition) is 1. The van der Waals surface area contributed by atoms with Crippen LogP contribution in [0.25, 0.3) is 0 Å². The molecular weight excluding hydrogens is 252 g/mol. The van der Waals surface area contributed by atoms with Gasteiger partial charge in [-0.25, -0.2) is 0 Å². The van der Waals surface area contributed by atoms with Crippen LogP contribution in [0.15, 0.2) is 42.5 Å². The standard InChI is InChI=1S/C16H18N2O2/c1-11-8-9-15(20-3)14(10-11)18(2)16(19)12-6-4-5-7-13(12)17/h4-10H,17H2,1-3H3. The van der Waals surface area contributed by atoms with E-state index in [1.807, 2.05) is 25.1 Å². The van der Waals surface area contributed by atoms with Gasteiger partial charge in [0.05, 0.1) is 18.4 Å². The molecule has 0 atom stereocenters. The third-order valence-corrected chi connectivity index (χ3v) is 3.19. The first-order chi connectivity index (χ1) is 9.54. The number of carbonyl (C=O) groups is 1. The lowest BCUT2D eigenvalue weighted by atomic mass is 10.1. The van der Waals surface area contributed by atoms with Gasteiger partial charge in [-0.2, -0.15) is 0 Å². The van der Waals surface area contributed by atoms with Gasteiger partial charge in [-0.15, -0.1) is 0 Å². The Bertz CT molecular complexity index is 638. The highest BCUT2D eigenvalue weighted by atomic mass is 16.5. The first-order valence-electron chi connectivity index (χ1n) is 6.31. The third-order valence-electron chi connectivity index (χ3n) is 3.19. The first-order valence-corrected chi connectivity index (χ1v) is 6.31. The number of anilines is 2. The Kier molecular flexibility index (Phi) is 3.94. The molecule has 104 valence electrons. The van der Waals surface area contributed by atoms with Crippen LogP contribution < -0.4 is 15.4 Å². The zero-order valence-corrected chi connectivity index (χ0v) is 11.9. The molecule has 20 heavy (non-hydrogen) atoms. The number of nitrogen functional groups attached to an aromatic ring is 1. The molecule has 0 fully saturated rings. The van der Waals surface area contributed by atoms with Crippen molar-refractivity contribution in [2.75, 3.05) is 24.8 Å². The van der Waals surface area contributed by atoms with Gasteiger partial charge < -0.3 is 15.4 Å². The van der Waals surface area contributed by atoms with E-state index in [0.717, 1.165) is 11.3 Å². The van der Waals surface area contributed by atoms with E-state index >= 15 is 0 Å². The highest BCUT2D eigenvalue weighted by Gasteiger charge is 2.18. The lowest BCUT2D eigenvalue weighted by Crippen LogP contribution is -2.27. The van der Waals surface area contributed by atoms with Crippen molar-refractivity contribution in [1.82, 2.24) is 0 Å². The largest absolute Gasteiger partial charge is 0.495 e. The fourth-order valence-corrected chi connectivity index (χ4v) is 2.04. The van der Waals surface area contributed by atoms with E-state index in [2.05, 4.69) is 0 Å². The van der Waals surface area contributed by atoms with E-state index in [-0.39, 0.29) is 5.91 Å². The minimum Gasteiger partial charge on any atom is -0.495 e. The second-order valence-corrected chi connectivity index (χ2v) is 4.63. The molecule has 2 aromatic carbocycles. The number of amides is 1. The van der Waals surface area contributed by atoms with Gasteiger partial charge in [0.15, 0.2) is 0 Å². The average Bonchev–Trinajstić information content (AvgIpc) is 2.46. The van der Waals surface area contributed by atoms with Crippen LogP contribution in [0.3, 0.4) is 0 Å². The summed E-state index contributed by atoms with van der Waals surface area (Å²) in [7, 11) is 3.30. The summed E-state index contributed by atoms with van der Waals surface area (Å²) < 4.78 is 5.31. The number of carbonyl (C=O) groups excluding carboxylic acids is 1. The minimum atomic E-state index is -0.160. The minimum absolute atomic E-state index is 0.160. The molecule has 2 N–H and O–H groups in total. The van der Waals surface area contributed by atoms with Crippen LogP contribution in [0.2, 0.25) is 0 Å². The van der Waals surface area contributed by atoms with Gasteiger partial charge in [-0.3, -0.25) is 4.79 Å². The number of methoxy groups -OCH3 is 1. The molecule has 0 heterocycles. The van der Waals surface area contributed by atoms with E-state index in [9.17, 15) is 4.79 Å². The number of nitrogens with two attached hydrogens (primary N) is 1. The molecule has 0 bridgehead atoms. The molecule has 4 heteroatoms. The van der Waals surface area contributed by atoms with Crippen molar-refractivity contribution in [2.45, 2.75) is 6.92 Å². The maximum absolute atomic E-state index is 12.5. The van der Waals surface area contributed by atoms with Gasteiger partial charge in [0, 0.05) is 12.7 Å². The second-order valence-electron chi connectivity index (χ2n) is 4.63. The molecule has 0 aliphatic rings. The average molecular weight is 270 g/mol. The van der Waals surface area contributed by atoms with Gasteiger partial charge >= 0.3 is 0 Å². The molecule has 0 aliphatic carbocycles. The van der Waals surface area contributed by atoms with Gasteiger partial charge in [0.1, 0.15) is 5.75 Å². The predicted molar refractivity (Wildman–Crippen MR) is 81.3 cm³/mol. The van der Waals surface area contributed by atoms with Gasteiger partial charge in [0.25, 0.3) is 5.91 Å². The van der Waals surface area contributed by atoms with E-state index < -0.39 is 0 Å². The molecule has 0 aromatic heterocycles. The van der Waals surface area contributed by atoms with Crippen LogP contribution in [0.5, 0.6) is 5.75 Å². The Balaban J connectivity index is 2.41. The molecule has 0 saturated carbocycles. The summed E-state index contributed by atoms with van der Waals surface area (Å²) in [4.78, 5) is 14.1. The summed E-state index contributed by atoms with van der Waals surface area (Å²) in [6, 6.07) is 12.7.